The van der Waals surface area contributed by atoms with Crippen LogP contribution in [0.1, 0.15) is 58.1 Å². The molecule has 3 N–H and O–H groups in total. The Morgan fingerprint density at radius 3 is 2.65 bits per heavy atom. The number of nitrogens with one attached hydrogen (secondary N) is 2. The Balaban J connectivity index is 1.57. The van der Waals surface area contributed by atoms with Gasteiger partial charge in [0.1, 0.15) is 0 Å². The second kappa shape index (κ2) is 6.64. The molecule has 2 aromatic rings. The largest absolute Gasteiger partial charge is 0.478 e. The number of imidazole rings is 1. The molecular weight excluding hydrogens is 294 g/mol. The zero-order valence-corrected chi connectivity index (χ0v) is 12.7. The second-order valence-electron chi connectivity index (χ2n) is 5.89. The highest BCUT2D eigenvalue weighted by atomic mass is 16.4. The van der Waals surface area contributed by atoms with Crippen molar-refractivity contribution in [2.75, 3.05) is 0 Å². The number of carboxylic acid groups (broad SMARTS) is 1. The van der Waals surface area contributed by atoms with E-state index in [-0.39, 0.29) is 11.9 Å². The van der Waals surface area contributed by atoms with E-state index < -0.39 is 5.97 Å². The van der Waals surface area contributed by atoms with E-state index >= 15 is 0 Å². The Morgan fingerprint density at radius 2 is 2.00 bits per heavy atom. The number of amides is 1. The third kappa shape index (κ3) is 3.59. The standard InChI is InChI=1S/C17H19N3O3/c21-16(15-18-8-9-19-15)20-14-6-4-11(5-7-14)12-2-1-3-13(10-12)17(22)23/h1-3,8-11,14H,4-7H2,(H,18,19)(H,20,21)(H,22,23). The normalized spacial score (nSPS) is 20.9. The summed E-state index contributed by atoms with van der Waals surface area (Å²) < 4.78 is 0. The molecule has 0 bridgehead atoms. The maximum absolute atomic E-state index is 12.0. The van der Waals surface area contributed by atoms with Gasteiger partial charge in [0.25, 0.3) is 5.91 Å². The Bertz CT molecular complexity index is 689. The number of aromatic nitrogens is 2. The molecule has 1 heterocycles. The molecule has 6 heteroatoms. The molecule has 0 radical (unpaired) electrons. The van der Waals surface area contributed by atoms with Gasteiger partial charge in [-0.05, 0) is 49.3 Å². The molecule has 1 aromatic heterocycles. The number of carboxylic acids is 1. The number of hydrogen-bond acceptors (Lipinski definition) is 3. The Morgan fingerprint density at radius 1 is 1.22 bits per heavy atom. The molecule has 0 unspecified atom stereocenters. The zero-order chi connectivity index (χ0) is 16.2. The van der Waals surface area contributed by atoms with Crippen LogP contribution in [0.4, 0.5) is 0 Å². The number of aromatic amines is 1. The van der Waals surface area contributed by atoms with E-state index in [4.69, 9.17) is 5.11 Å². The summed E-state index contributed by atoms with van der Waals surface area (Å²) in [6.45, 7) is 0. The molecule has 3 rings (SSSR count). The smallest absolute Gasteiger partial charge is 0.335 e. The number of hydrogen-bond donors (Lipinski definition) is 3. The van der Waals surface area contributed by atoms with Gasteiger partial charge >= 0.3 is 5.97 Å². The van der Waals surface area contributed by atoms with Gasteiger partial charge in [0.15, 0.2) is 5.82 Å². The number of carbonyl (C=O) groups is 2. The Kier molecular flexibility index (Phi) is 4.41. The zero-order valence-electron chi connectivity index (χ0n) is 12.7. The Hall–Kier alpha value is -2.63. The van der Waals surface area contributed by atoms with Crippen LogP contribution in [0, 0.1) is 0 Å². The van der Waals surface area contributed by atoms with Crippen molar-refractivity contribution in [1.29, 1.82) is 0 Å². The average Bonchev–Trinajstić information content (AvgIpc) is 3.10. The topological polar surface area (TPSA) is 95.1 Å². The molecule has 6 nitrogen and oxygen atoms in total. The molecule has 120 valence electrons. The molecular formula is C17H19N3O3. The molecule has 1 aliphatic rings. The first-order chi connectivity index (χ1) is 11.1. The summed E-state index contributed by atoms with van der Waals surface area (Å²) in [5, 5.41) is 12.1. The fourth-order valence-corrected chi connectivity index (χ4v) is 3.14. The van der Waals surface area contributed by atoms with Gasteiger partial charge in [0, 0.05) is 18.4 Å². The summed E-state index contributed by atoms with van der Waals surface area (Å²) in [6.07, 6.45) is 6.82. The van der Waals surface area contributed by atoms with Gasteiger partial charge in [-0.1, -0.05) is 12.1 Å². The molecule has 1 amide bonds. The van der Waals surface area contributed by atoms with Gasteiger partial charge in [-0.15, -0.1) is 0 Å². The highest BCUT2D eigenvalue weighted by molar-refractivity contribution is 5.90. The van der Waals surface area contributed by atoms with Crippen LogP contribution >= 0.6 is 0 Å². The van der Waals surface area contributed by atoms with Gasteiger partial charge in [0.05, 0.1) is 5.56 Å². The van der Waals surface area contributed by atoms with Crippen molar-refractivity contribution in [3.8, 4) is 0 Å². The summed E-state index contributed by atoms with van der Waals surface area (Å²) in [6, 6.07) is 7.30. The van der Waals surface area contributed by atoms with Crippen LogP contribution in [-0.2, 0) is 0 Å². The van der Waals surface area contributed by atoms with E-state index in [2.05, 4.69) is 15.3 Å². The molecule has 0 atom stereocenters. The van der Waals surface area contributed by atoms with Crippen molar-refractivity contribution in [2.45, 2.75) is 37.6 Å². The summed E-state index contributed by atoms with van der Waals surface area (Å²) in [5.41, 5.74) is 1.40. The second-order valence-corrected chi connectivity index (χ2v) is 5.89. The monoisotopic (exact) mass is 313 g/mol. The molecule has 1 aromatic carbocycles. The Labute approximate surface area is 133 Å². The van der Waals surface area contributed by atoms with Gasteiger partial charge in [-0.2, -0.15) is 0 Å². The molecule has 0 spiro atoms. The minimum atomic E-state index is -0.897. The van der Waals surface area contributed by atoms with E-state index in [1.54, 1.807) is 30.6 Å². The van der Waals surface area contributed by atoms with Crippen molar-refractivity contribution in [3.63, 3.8) is 0 Å². The van der Waals surface area contributed by atoms with Crippen LogP contribution in [0.2, 0.25) is 0 Å². The van der Waals surface area contributed by atoms with Crippen molar-refractivity contribution < 1.29 is 14.7 Å². The first-order valence-corrected chi connectivity index (χ1v) is 7.77. The lowest BCUT2D eigenvalue weighted by molar-refractivity contribution is 0.0696. The third-order valence-corrected chi connectivity index (χ3v) is 4.38. The minimum Gasteiger partial charge on any atom is -0.478 e. The van der Waals surface area contributed by atoms with Crippen LogP contribution in [0.25, 0.3) is 0 Å². The number of benzene rings is 1. The number of rotatable bonds is 4. The highest BCUT2D eigenvalue weighted by Gasteiger charge is 2.24. The minimum absolute atomic E-state index is 0.145. The van der Waals surface area contributed by atoms with Gasteiger partial charge in [0.2, 0.25) is 0 Å². The number of nitrogens with zero attached hydrogens (tertiary/aromatic N) is 1. The first-order valence-electron chi connectivity index (χ1n) is 7.77. The summed E-state index contributed by atoms with van der Waals surface area (Å²) in [7, 11) is 0. The maximum Gasteiger partial charge on any atom is 0.335 e. The predicted octanol–water partition coefficient (Wildman–Crippen LogP) is 2.56. The lowest BCUT2D eigenvalue weighted by Gasteiger charge is -2.29. The first kappa shape index (κ1) is 15.3. The van der Waals surface area contributed by atoms with Crippen LogP contribution in [-0.4, -0.2) is 33.0 Å². The highest BCUT2D eigenvalue weighted by Crippen LogP contribution is 2.33. The van der Waals surface area contributed by atoms with Crippen LogP contribution in [0.5, 0.6) is 0 Å². The molecule has 0 aliphatic heterocycles. The fraction of sp³-hybridized carbons (Fsp3) is 0.353. The van der Waals surface area contributed by atoms with E-state index in [1.165, 1.54) is 0 Å². The van der Waals surface area contributed by atoms with E-state index in [0.29, 0.717) is 17.3 Å². The molecule has 1 saturated carbocycles. The maximum atomic E-state index is 12.0. The van der Waals surface area contributed by atoms with Crippen molar-refractivity contribution >= 4 is 11.9 Å². The lowest BCUT2D eigenvalue weighted by Crippen LogP contribution is -2.37. The summed E-state index contributed by atoms with van der Waals surface area (Å²) in [4.78, 5) is 29.8. The van der Waals surface area contributed by atoms with E-state index in [1.807, 2.05) is 6.07 Å². The summed E-state index contributed by atoms with van der Waals surface area (Å²) in [5.74, 6) is -0.384. The van der Waals surface area contributed by atoms with Gasteiger partial charge in [-0.3, -0.25) is 4.79 Å². The lowest BCUT2D eigenvalue weighted by atomic mass is 9.81. The molecule has 1 aliphatic carbocycles. The number of aromatic carboxylic acids is 1. The van der Waals surface area contributed by atoms with Crippen LogP contribution in [0.15, 0.2) is 36.7 Å². The quantitative estimate of drug-likeness (QED) is 0.808. The summed E-state index contributed by atoms with van der Waals surface area (Å²) >= 11 is 0. The molecule has 0 saturated heterocycles. The van der Waals surface area contributed by atoms with E-state index in [9.17, 15) is 9.59 Å². The predicted molar refractivity (Wildman–Crippen MR) is 84.5 cm³/mol. The molecule has 23 heavy (non-hydrogen) atoms. The fourth-order valence-electron chi connectivity index (χ4n) is 3.14. The van der Waals surface area contributed by atoms with Crippen LogP contribution in [0.3, 0.4) is 0 Å². The average molecular weight is 313 g/mol. The third-order valence-electron chi connectivity index (χ3n) is 4.38. The number of H-pyrrole nitrogens is 1. The van der Waals surface area contributed by atoms with Crippen molar-refractivity contribution in [1.82, 2.24) is 15.3 Å². The molecule has 1 fully saturated rings. The van der Waals surface area contributed by atoms with Crippen molar-refractivity contribution in [3.05, 3.63) is 53.6 Å². The van der Waals surface area contributed by atoms with Crippen molar-refractivity contribution in [2.24, 2.45) is 0 Å². The van der Waals surface area contributed by atoms with E-state index in [0.717, 1.165) is 31.2 Å². The number of carbonyl (C=O) groups excluding carboxylic acids is 1. The van der Waals surface area contributed by atoms with Crippen LogP contribution < -0.4 is 5.32 Å². The SMILES string of the molecule is O=C(O)c1cccc(C2CCC(NC(=O)c3ncc[nH]3)CC2)c1. The van der Waals surface area contributed by atoms with Gasteiger partial charge in [-0.25, -0.2) is 9.78 Å². The van der Waals surface area contributed by atoms with Gasteiger partial charge < -0.3 is 15.4 Å².